The van der Waals surface area contributed by atoms with Crippen LogP contribution in [0.15, 0.2) is 60.7 Å². The molecule has 29 heavy (non-hydrogen) atoms. The average Bonchev–Trinajstić information content (AvgIpc) is 2.71. The SMILES string of the molecule is O=P(Oc1ccccc1)(Oc1ccccc1)O[C@]1(O)[C@H](O)[C@H](O)[C@@H](O)[C@H](O)[C@H]1O. The van der Waals surface area contributed by atoms with Crippen LogP contribution in [-0.2, 0) is 9.09 Å². The second kappa shape index (κ2) is 8.39. The van der Waals surface area contributed by atoms with Crippen LogP contribution >= 0.6 is 7.82 Å². The van der Waals surface area contributed by atoms with E-state index in [4.69, 9.17) is 13.6 Å². The lowest BCUT2D eigenvalue weighted by Gasteiger charge is -2.46. The molecule has 1 aliphatic rings. The van der Waals surface area contributed by atoms with Crippen molar-refractivity contribution in [2.75, 3.05) is 0 Å². The van der Waals surface area contributed by atoms with Gasteiger partial charge in [-0.05, 0) is 24.3 Å². The molecule has 0 heterocycles. The third-order valence-corrected chi connectivity index (χ3v) is 5.76. The van der Waals surface area contributed by atoms with Gasteiger partial charge in [0.1, 0.15) is 42.0 Å². The molecule has 3 rings (SSSR count). The Morgan fingerprint density at radius 2 is 1.07 bits per heavy atom. The third kappa shape index (κ3) is 4.45. The molecular weight excluding hydrogens is 407 g/mol. The number of phosphoric acid groups is 1. The Morgan fingerprint density at radius 3 is 1.45 bits per heavy atom. The summed E-state index contributed by atoms with van der Waals surface area (Å²) in [5.74, 6) is -3.18. The van der Waals surface area contributed by atoms with Crippen LogP contribution in [-0.4, -0.2) is 66.9 Å². The molecule has 0 amide bonds. The molecule has 0 unspecified atom stereocenters. The summed E-state index contributed by atoms with van der Waals surface area (Å²) < 4.78 is 28.9. The predicted octanol–water partition coefficient (Wildman–Crippen LogP) is -0.224. The number of rotatable bonds is 6. The van der Waals surface area contributed by atoms with Gasteiger partial charge in [-0.2, -0.15) is 0 Å². The molecule has 0 aliphatic heterocycles. The van der Waals surface area contributed by atoms with Gasteiger partial charge < -0.3 is 39.7 Å². The van der Waals surface area contributed by atoms with Crippen molar-refractivity contribution in [2.45, 2.75) is 36.3 Å². The molecule has 158 valence electrons. The topological polar surface area (TPSA) is 166 Å². The van der Waals surface area contributed by atoms with Crippen LogP contribution in [0.4, 0.5) is 0 Å². The van der Waals surface area contributed by atoms with Crippen LogP contribution in [0.3, 0.4) is 0 Å². The molecule has 6 N–H and O–H groups in total. The quantitative estimate of drug-likeness (QED) is 0.267. The molecule has 2 aromatic carbocycles. The fourth-order valence-electron chi connectivity index (χ4n) is 2.80. The van der Waals surface area contributed by atoms with Gasteiger partial charge in [-0.1, -0.05) is 36.4 Å². The summed E-state index contributed by atoms with van der Waals surface area (Å²) >= 11 is 0. The van der Waals surface area contributed by atoms with E-state index >= 15 is 0 Å². The number of aliphatic hydroxyl groups excluding tert-OH is 5. The lowest BCUT2D eigenvalue weighted by atomic mass is 9.82. The summed E-state index contributed by atoms with van der Waals surface area (Å²) in [6, 6.07) is 15.2. The van der Waals surface area contributed by atoms with E-state index in [0.717, 1.165) is 0 Å². The van der Waals surface area contributed by atoms with Crippen molar-refractivity contribution in [3.8, 4) is 11.5 Å². The summed E-state index contributed by atoms with van der Waals surface area (Å²) in [7, 11) is -4.82. The van der Waals surface area contributed by atoms with E-state index in [1.807, 2.05) is 0 Å². The lowest BCUT2D eigenvalue weighted by Crippen LogP contribution is -2.71. The molecule has 0 radical (unpaired) electrons. The van der Waals surface area contributed by atoms with Crippen LogP contribution in [0.5, 0.6) is 11.5 Å². The van der Waals surface area contributed by atoms with Crippen LogP contribution in [0.1, 0.15) is 0 Å². The van der Waals surface area contributed by atoms with Crippen molar-refractivity contribution >= 4 is 7.82 Å². The van der Waals surface area contributed by atoms with Crippen LogP contribution in [0.2, 0.25) is 0 Å². The fourth-order valence-corrected chi connectivity index (χ4v) is 4.25. The van der Waals surface area contributed by atoms with Crippen LogP contribution in [0.25, 0.3) is 0 Å². The van der Waals surface area contributed by atoms with Crippen molar-refractivity contribution in [1.82, 2.24) is 0 Å². The van der Waals surface area contributed by atoms with Gasteiger partial charge in [-0.15, -0.1) is 0 Å². The molecule has 6 atom stereocenters. The maximum absolute atomic E-state index is 13.3. The number of hydrogen-bond acceptors (Lipinski definition) is 10. The molecule has 1 fully saturated rings. The second-order valence-electron chi connectivity index (χ2n) is 6.46. The summed E-state index contributed by atoms with van der Waals surface area (Å²) in [6.45, 7) is 0. The highest BCUT2D eigenvalue weighted by atomic mass is 31.2. The Hall–Kier alpha value is -2.01. The molecule has 1 aliphatic carbocycles. The summed E-state index contributed by atoms with van der Waals surface area (Å²) in [6.07, 6.45) is -11.0. The van der Waals surface area contributed by atoms with Crippen LogP contribution < -0.4 is 9.05 Å². The zero-order valence-electron chi connectivity index (χ0n) is 14.9. The maximum atomic E-state index is 13.3. The van der Waals surface area contributed by atoms with Gasteiger partial charge in [-0.25, -0.2) is 9.09 Å². The minimum Gasteiger partial charge on any atom is -0.395 e. The molecule has 11 heteroatoms. The lowest BCUT2D eigenvalue weighted by molar-refractivity contribution is -0.335. The number of benzene rings is 2. The Labute approximate surface area is 165 Å². The van der Waals surface area contributed by atoms with Gasteiger partial charge in [0.05, 0.1) is 0 Å². The molecule has 2 aromatic rings. The first-order valence-corrected chi connectivity index (χ1v) is 10.0. The van der Waals surface area contributed by atoms with Gasteiger partial charge in [0.15, 0.2) is 0 Å². The van der Waals surface area contributed by atoms with Gasteiger partial charge in [0, 0.05) is 0 Å². The number of aliphatic hydroxyl groups is 6. The van der Waals surface area contributed by atoms with Crippen molar-refractivity contribution in [3.05, 3.63) is 60.7 Å². The first-order chi connectivity index (χ1) is 13.7. The van der Waals surface area contributed by atoms with E-state index in [1.54, 1.807) is 36.4 Å². The zero-order chi connectivity index (χ0) is 21.2. The van der Waals surface area contributed by atoms with E-state index in [2.05, 4.69) is 0 Å². The first kappa shape index (κ1) is 21.7. The number of hydrogen-bond donors (Lipinski definition) is 6. The molecule has 1 saturated carbocycles. The second-order valence-corrected chi connectivity index (χ2v) is 7.90. The molecule has 0 saturated heterocycles. The van der Waals surface area contributed by atoms with E-state index in [9.17, 15) is 35.2 Å². The monoisotopic (exact) mass is 428 g/mol. The third-order valence-electron chi connectivity index (χ3n) is 4.37. The predicted molar refractivity (Wildman–Crippen MR) is 97.8 cm³/mol. The van der Waals surface area contributed by atoms with Gasteiger partial charge in [0.2, 0.25) is 5.79 Å². The highest BCUT2D eigenvalue weighted by Crippen LogP contribution is 2.54. The maximum Gasteiger partial charge on any atom is 0.590 e. The van der Waals surface area contributed by atoms with E-state index < -0.39 is 44.1 Å². The van der Waals surface area contributed by atoms with Gasteiger partial charge in [-0.3, -0.25) is 0 Å². The van der Waals surface area contributed by atoms with Crippen molar-refractivity contribution in [2.24, 2.45) is 0 Å². The summed E-state index contributed by atoms with van der Waals surface area (Å²) in [5.41, 5.74) is 0. The minimum absolute atomic E-state index is 0.0104. The molecule has 0 bridgehead atoms. The highest BCUT2D eigenvalue weighted by Gasteiger charge is 2.62. The minimum atomic E-state index is -4.82. The molecule has 0 aromatic heterocycles. The van der Waals surface area contributed by atoms with Crippen molar-refractivity contribution < 1.29 is 48.8 Å². The molecule has 10 nitrogen and oxygen atoms in total. The Morgan fingerprint density at radius 1 is 0.690 bits per heavy atom. The number of phosphoric ester groups is 1. The van der Waals surface area contributed by atoms with Crippen molar-refractivity contribution in [1.29, 1.82) is 0 Å². The summed E-state index contributed by atoms with van der Waals surface area (Å²) in [4.78, 5) is 0. The van der Waals surface area contributed by atoms with Gasteiger partial charge >= 0.3 is 7.82 Å². The highest BCUT2D eigenvalue weighted by molar-refractivity contribution is 7.49. The Balaban J connectivity index is 1.96. The first-order valence-electron chi connectivity index (χ1n) is 8.59. The van der Waals surface area contributed by atoms with E-state index in [-0.39, 0.29) is 11.5 Å². The Kier molecular flexibility index (Phi) is 6.27. The van der Waals surface area contributed by atoms with E-state index in [0.29, 0.717) is 0 Å². The smallest absolute Gasteiger partial charge is 0.395 e. The normalized spacial score (nSPS) is 32.6. The molecular formula is C18H21O10P. The average molecular weight is 428 g/mol. The fraction of sp³-hybridized carbons (Fsp3) is 0.333. The van der Waals surface area contributed by atoms with Crippen molar-refractivity contribution in [3.63, 3.8) is 0 Å². The Bertz CT molecular complexity index is 787. The largest absolute Gasteiger partial charge is 0.590 e. The standard InChI is InChI=1S/C18H21O10P/c19-13-14(20)16(22)18(24,17(23)15(13)21)28-29(25,26-11-7-3-1-4-8-11)27-12-9-5-2-6-10-12/h1-10,13-17,19-24H/t13-,14-,15+,16-,17-,18-/m1/s1. The van der Waals surface area contributed by atoms with Gasteiger partial charge in [0.25, 0.3) is 0 Å². The zero-order valence-corrected chi connectivity index (χ0v) is 15.8. The van der Waals surface area contributed by atoms with Crippen LogP contribution in [0, 0.1) is 0 Å². The van der Waals surface area contributed by atoms with E-state index in [1.165, 1.54) is 24.3 Å². The number of para-hydroxylation sites is 2. The summed E-state index contributed by atoms with van der Waals surface area (Å²) in [5, 5.41) is 60.4. The molecule has 0 spiro atoms.